The number of nitrogens with two attached hydrogens (primary N) is 1. The van der Waals surface area contributed by atoms with Gasteiger partial charge in [-0.1, -0.05) is 0 Å². The number of hydrogen-bond acceptors (Lipinski definition) is 4. The molecule has 4 aliphatic rings. The van der Waals surface area contributed by atoms with E-state index in [-0.39, 0.29) is 0 Å². The molecule has 4 fully saturated rings. The Hall–Kier alpha value is -0.610. The molecule has 0 aliphatic carbocycles. The largest absolute Gasteiger partial charge is 0.323 e. The Balaban J connectivity index is 1.96. The van der Waals surface area contributed by atoms with Gasteiger partial charge in [0.25, 0.3) is 0 Å². The van der Waals surface area contributed by atoms with Crippen LogP contribution in [0.5, 0.6) is 0 Å². The summed E-state index contributed by atoms with van der Waals surface area (Å²) in [5.74, 6) is 6.71. The second kappa shape index (κ2) is 2.69. The van der Waals surface area contributed by atoms with Crippen LogP contribution >= 0.6 is 0 Å². The van der Waals surface area contributed by atoms with Crippen molar-refractivity contribution in [3.8, 4) is 0 Å². The van der Waals surface area contributed by atoms with Crippen LogP contribution in [0.15, 0.2) is 5.10 Å². The molecule has 4 heterocycles. The topological polar surface area (TPSA) is 44.9 Å². The quantitative estimate of drug-likeness (QED) is 0.391. The van der Waals surface area contributed by atoms with Crippen LogP contribution in [0.3, 0.4) is 0 Å². The van der Waals surface area contributed by atoms with E-state index in [0.29, 0.717) is 11.8 Å². The number of hydrazone groups is 1. The average Bonchev–Trinajstić information content (AvgIpc) is 2.35. The Morgan fingerprint density at radius 3 is 1.85 bits per heavy atom. The molecule has 2 N–H and O–H groups in total. The Kier molecular flexibility index (Phi) is 1.60. The Morgan fingerprint density at radius 1 is 1.00 bits per heavy atom. The molecule has 4 bridgehead atoms. The van der Waals surface area contributed by atoms with Gasteiger partial charge in [-0.05, 0) is 0 Å². The van der Waals surface area contributed by atoms with Crippen LogP contribution in [-0.4, -0.2) is 54.8 Å². The molecule has 0 unspecified atom stereocenters. The van der Waals surface area contributed by atoms with Crippen LogP contribution in [0.2, 0.25) is 0 Å². The first-order valence-corrected chi connectivity index (χ1v) is 5.09. The lowest BCUT2D eigenvalue weighted by Crippen LogP contribution is -2.54. The van der Waals surface area contributed by atoms with E-state index in [1.165, 1.54) is 45.0 Å². The lowest BCUT2D eigenvalue weighted by molar-refractivity contribution is 0.188. The molecule has 72 valence electrons. The van der Waals surface area contributed by atoms with Gasteiger partial charge in [-0.2, -0.15) is 5.10 Å². The van der Waals surface area contributed by atoms with E-state index < -0.39 is 0 Å². The standard InChI is InChI=1S/C9H16N4/c10-11-9-7-3-12-1-2-13(5-7)6-8(9)4-12/h7-8H,1-6,10H2. The fourth-order valence-electron chi connectivity index (χ4n) is 3.08. The van der Waals surface area contributed by atoms with Gasteiger partial charge in [0, 0.05) is 56.8 Å². The van der Waals surface area contributed by atoms with Gasteiger partial charge in [-0.3, -0.25) is 0 Å². The highest BCUT2D eigenvalue weighted by Gasteiger charge is 2.41. The molecule has 0 radical (unpaired) electrons. The minimum Gasteiger partial charge on any atom is -0.323 e. The minimum absolute atomic E-state index is 0.625. The van der Waals surface area contributed by atoms with Crippen molar-refractivity contribution in [2.45, 2.75) is 0 Å². The molecule has 4 rings (SSSR count). The predicted octanol–water partition coefficient (Wildman–Crippen LogP) is -0.822. The van der Waals surface area contributed by atoms with Gasteiger partial charge in [0.1, 0.15) is 0 Å². The second-order valence-electron chi connectivity index (χ2n) is 4.47. The summed E-state index contributed by atoms with van der Waals surface area (Å²) >= 11 is 0. The van der Waals surface area contributed by atoms with E-state index in [0.717, 1.165) is 0 Å². The van der Waals surface area contributed by atoms with E-state index >= 15 is 0 Å². The summed E-state index contributed by atoms with van der Waals surface area (Å²) in [6.45, 7) is 7.22. The van der Waals surface area contributed by atoms with Crippen LogP contribution < -0.4 is 5.84 Å². The summed E-state index contributed by atoms with van der Waals surface area (Å²) < 4.78 is 0. The lowest BCUT2D eigenvalue weighted by Gasteiger charge is -2.41. The minimum atomic E-state index is 0.625. The molecule has 4 nitrogen and oxygen atoms in total. The molecule has 0 spiro atoms. The first-order chi connectivity index (χ1) is 6.36. The van der Waals surface area contributed by atoms with E-state index in [9.17, 15) is 0 Å². The van der Waals surface area contributed by atoms with Crippen LogP contribution in [0, 0.1) is 11.8 Å². The molecule has 0 amide bonds. The monoisotopic (exact) mass is 180 g/mol. The van der Waals surface area contributed by atoms with E-state index in [1.54, 1.807) is 0 Å². The summed E-state index contributed by atoms with van der Waals surface area (Å²) in [5, 5.41) is 3.99. The first-order valence-electron chi connectivity index (χ1n) is 5.09. The third-order valence-corrected chi connectivity index (χ3v) is 3.63. The molecule has 4 aliphatic heterocycles. The molecule has 4 saturated heterocycles. The first kappa shape index (κ1) is 7.76. The van der Waals surface area contributed by atoms with Gasteiger partial charge in [-0.25, -0.2) is 0 Å². The van der Waals surface area contributed by atoms with Crippen molar-refractivity contribution in [3.63, 3.8) is 0 Å². The zero-order chi connectivity index (χ0) is 8.84. The molecule has 0 saturated carbocycles. The summed E-state index contributed by atoms with van der Waals surface area (Å²) in [6, 6.07) is 0. The van der Waals surface area contributed by atoms with Gasteiger partial charge < -0.3 is 15.6 Å². The van der Waals surface area contributed by atoms with Crippen LogP contribution in [0.1, 0.15) is 0 Å². The van der Waals surface area contributed by atoms with Gasteiger partial charge in [0.05, 0.1) is 0 Å². The number of hydrogen-bond donors (Lipinski definition) is 1. The summed E-state index contributed by atoms with van der Waals surface area (Å²) in [5.41, 5.74) is 1.29. The van der Waals surface area contributed by atoms with Crippen LogP contribution in [0.4, 0.5) is 0 Å². The van der Waals surface area contributed by atoms with Gasteiger partial charge >= 0.3 is 0 Å². The van der Waals surface area contributed by atoms with E-state index in [4.69, 9.17) is 5.84 Å². The van der Waals surface area contributed by atoms with Crippen molar-refractivity contribution in [1.82, 2.24) is 9.80 Å². The SMILES string of the molecule is NN=C1C2CN3CCN(C2)CC1C3. The molecule has 0 aromatic rings. The van der Waals surface area contributed by atoms with Crippen molar-refractivity contribution in [2.24, 2.45) is 22.8 Å². The summed E-state index contributed by atoms with van der Waals surface area (Å²) in [7, 11) is 0. The number of rotatable bonds is 0. The van der Waals surface area contributed by atoms with Crippen molar-refractivity contribution >= 4 is 5.71 Å². The second-order valence-corrected chi connectivity index (χ2v) is 4.47. The van der Waals surface area contributed by atoms with Gasteiger partial charge in [0.2, 0.25) is 0 Å². The molecule has 0 aromatic carbocycles. The van der Waals surface area contributed by atoms with Gasteiger partial charge in [-0.15, -0.1) is 0 Å². The fourth-order valence-corrected chi connectivity index (χ4v) is 3.08. The Labute approximate surface area is 78.4 Å². The average molecular weight is 180 g/mol. The third-order valence-electron chi connectivity index (χ3n) is 3.63. The van der Waals surface area contributed by atoms with E-state index in [2.05, 4.69) is 14.9 Å². The van der Waals surface area contributed by atoms with Crippen LogP contribution in [-0.2, 0) is 0 Å². The number of fused-ring (bicyclic) bond motifs is 1. The molecule has 13 heavy (non-hydrogen) atoms. The zero-order valence-corrected chi connectivity index (χ0v) is 7.82. The van der Waals surface area contributed by atoms with Crippen molar-refractivity contribution < 1.29 is 0 Å². The molecule has 0 aromatic heterocycles. The van der Waals surface area contributed by atoms with Crippen molar-refractivity contribution in [1.29, 1.82) is 0 Å². The van der Waals surface area contributed by atoms with E-state index in [1.807, 2.05) is 0 Å². The zero-order valence-electron chi connectivity index (χ0n) is 7.82. The highest BCUT2D eigenvalue weighted by Crippen LogP contribution is 2.28. The summed E-state index contributed by atoms with van der Waals surface area (Å²) in [6.07, 6.45) is 0. The van der Waals surface area contributed by atoms with Crippen molar-refractivity contribution in [2.75, 3.05) is 39.3 Å². The number of nitrogens with zero attached hydrogens (tertiary/aromatic N) is 3. The number of piperidine rings is 2. The molecular weight excluding hydrogens is 164 g/mol. The fraction of sp³-hybridized carbons (Fsp3) is 0.889. The van der Waals surface area contributed by atoms with Gasteiger partial charge in [0.15, 0.2) is 0 Å². The van der Waals surface area contributed by atoms with Crippen LogP contribution in [0.25, 0.3) is 0 Å². The maximum Gasteiger partial charge on any atom is 0.0488 e. The lowest BCUT2D eigenvalue weighted by atomic mass is 9.83. The highest BCUT2D eigenvalue weighted by molar-refractivity contribution is 5.91. The summed E-state index contributed by atoms with van der Waals surface area (Å²) in [4.78, 5) is 5.13. The van der Waals surface area contributed by atoms with Crippen molar-refractivity contribution in [3.05, 3.63) is 0 Å². The third kappa shape index (κ3) is 1.09. The highest BCUT2D eigenvalue weighted by atomic mass is 15.3. The smallest absolute Gasteiger partial charge is 0.0488 e. The molecule has 4 heteroatoms. The molecular formula is C9H16N4. The maximum absolute atomic E-state index is 5.46. The normalized spacial score (nSPS) is 47.8. The Morgan fingerprint density at radius 2 is 1.46 bits per heavy atom. The maximum atomic E-state index is 5.46. The Bertz CT molecular complexity index is 216. The predicted molar refractivity (Wildman–Crippen MR) is 51.5 cm³/mol. The molecule has 0 atom stereocenters.